The van der Waals surface area contributed by atoms with Crippen LogP contribution >= 0.6 is 0 Å². The Hall–Kier alpha value is -1.66. The van der Waals surface area contributed by atoms with Gasteiger partial charge in [-0.05, 0) is 18.1 Å². The van der Waals surface area contributed by atoms with Gasteiger partial charge in [-0.15, -0.1) is 0 Å². The summed E-state index contributed by atoms with van der Waals surface area (Å²) in [4.78, 5) is 13.0. The number of hydrogen-bond donors (Lipinski definition) is 1. The number of nitro groups is 1. The van der Waals surface area contributed by atoms with Gasteiger partial charge in [-0.3, -0.25) is 15.0 Å². The number of ether oxygens (including phenoxy) is 1. The molecule has 0 spiro atoms. The second kappa shape index (κ2) is 7.21. The van der Waals surface area contributed by atoms with Crippen LogP contribution < -0.4 is 10.1 Å². The van der Waals surface area contributed by atoms with Crippen LogP contribution in [-0.2, 0) is 6.42 Å². The van der Waals surface area contributed by atoms with Gasteiger partial charge in [-0.2, -0.15) is 0 Å². The largest absolute Gasteiger partial charge is 0.485 e. The van der Waals surface area contributed by atoms with Gasteiger partial charge in [0.15, 0.2) is 5.75 Å². The molecule has 0 amide bonds. The van der Waals surface area contributed by atoms with E-state index in [1.807, 2.05) is 13.0 Å². The Morgan fingerprint density at radius 1 is 1.40 bits per heavy atom. The lowest BCUT2D eigenvalue weighted by atomic mass is 10.1. The number of rotatable bonds is 6. The van der Waals surface area contributed by atoms with Gasteiger partial charge in [-0.1, -0.05) is 13.0 Å². The van der Waals surface area contributed by atoms with E-state index in [1.54, 1.807) is 12.1 Å². The van der Waals surface area contributed by atoms with Crippen LogP contribution in [0.2, 0.25) is 0 Å². The molecule has 0 unspecified atom stereocenters. The summed E-state index contributed by atoms with van der Waals surface area (Å²) < 4.78 is 5.60. The molecule has 2 rings (SSSR count). The fourth-order valence-corrected chi connectivity index (χ4v) is 2.27. The van der Waals surface area contributed by atoms with Gasteiger partial charge in [-0.25, -0.2) is 0 Å². The summed E-state index contributed by atoms with van der Waals surface area (Å²) in [5.41, 5.74) is 1.01. The van der Waals surface area contributed by atoms with Gasteiger partial charge >= 0.3 is 5.69 Å². The van der Waals surface area contributed by atoms with Crippen LogP contribution in [0, 0.1) is 10.1 Å². The van der Waals surface area contributed by atoms with Crippen molar-refractivity contribution in [2.75, 3.05) is 39.3 Å². The molecule has 0 bridgehead atoms. The third-order valence-corrected chi connectivity index (χ3v) is 3.50. The van der Waals surface area contributed by atoms with E-state index < -0.39 is 0 Å². The summed E-state index contributed by atoms with van der Waals surface area (Å²) >= 11 is 0. The van der Waals surface area contributed by atoms with Crippen molar-refractivity contribution < 1.29 is 9.66 Å². The Labute approximate surface area is 118 Å². The lowest BCUT2D eigenvalue weighted by Gasteiger charge is -2.26. The molecule has 0 aromatic heterocycles. The number of benzene rings is 1. The molecule has 0 aliphatic carbocycles. The monoisotopic (exact) mass is 279 g/mol. The van der Waals surface area contributed by atoms with Crippen molar-refractivity contribution in [1.82, 2.24) is 10.2 Å². The molecule has 1 saturated heterocycles. The first kappa shape index (κ1) is 14.7. The van der Waals surface area contributed by atoms with Crippen molar-refractivity contribution in [3.63, 3.8) is 0 Å². The lowest BCUT2D eigenvalue weighted by molar-refractivity contribution is -0.385. The maximum atomic E-state index is 11.1. The predicted molar refractivity (Wildman–Crippen MR) is 77.3 cm³/mol. The highest BCUT2D eigenvalue weighted by Crippen LogP contribution is 2.28. The van der Waals surface area contributed by atoms with Crippen LogP contribution in [0.4, 0.5) is 5.69 Å². The summed E-state index contributed by atoms with van der Waals surface area (Å²) in [7, 11) is 0. The van der Waals surface area contributed by atoms with Crippen molar-refractivity contribution in [3.05, 3.63) is 33.9 Å². The molecule has 0 saturated carbocycles. The average molecular weight is 279 g/mol. The molecule has 0 atom stereocenters. The van der Waals surface area contributed by atoms with Crippen LogP contribution in [0.15, 0.2) is 18.2 Å². The topological polar surface area (TPSA) is 67.6 Å². The van der Waals surface area contributed by atoms with Gasteiger partial charge in [0.1, 0.15) is 6.61 Å². The molecule has 0 radical (unpaired) electrons. The number of nitro benzene ring substituents is 1. The zero-order valence-corrected chi connectivity index (χ0v) is 11.8. The van der Waals surface area contributed by atoms with Gasteiger partial charge in [0.25, 0.3) is 0 Å². The first-order valence-corrected chi connectivity index (χ1v) is 7.04. The fourth-order valence-electron chi connectivity index (χ4n) is 2.27. The SMILES string of the molecule is CCc1ccc(OCCN2CCNCC2)c([N+](=O)[O-])c1. The van der Waals surface area contributed by atoms with E-state index in [0.717, 1.165) is 44.7 Å². The molecule has 6 nitrogen and oxygen atoms in total. The Bertz CT molecular complexity index is 459. The van der Waals surface area contributed by atoms with Crippen molar-refractivity contribution in [3.8, 4) is 5.75 Å². The predicted octanol–water partition coefficient (Wildman–Crippen LogP) is 1.44. The Morgan fingerprint density at radius 3 is 2.80 bits per heavy atom. The van der Waals surface area contributed by atoms with Crippen LogP contribution in [0.5, 0.6) is 5.75 Å². The van der Waals surface area contributed by atoms with Crippen molar-refractivity contribution in [2.45, 2.75) is 13.3 Å². The highest BCUT2D eigenvalue weighted by molar-refractivity contribution is 5.48. The van der Waals surface area contributed by atoms with Crippen LogP contribution in [0.25, 0.3) is 0 Å². The molecular formula is C14H21N3O3. The normalized spacial score (nSPS) is 16.1. The van der Waals surface area contributed by atoms with Crippen molar-refractivity contribution in [2.24, 2.45) is 0 Å². The van der Waals surface area contributed by atoms with E-state index in [2.05, 4.69) is 10.2 Å². The minimum Gasteiger partial charge on any atom is -0.485 e. The van der Waals surface area contributed by atoms with E-state index in [4.69, 9.17) is 4.74 Å². The molecular weight excluding hydrogens is 258 g/mol. The smallest absolute Gasteiger partial charge is 0.311 e. The standard InChI is InChI=1S/C14H21N3O3/c1-2-12-3-4-14(13(11-12)17(18)19)20-10-9-16-7-5-15-6-8-16/h3-4,11,15H,2,5-10H2,1H3. The maximum absolute atomic E-state index is 11.1. The van der Waals surface area contributed by atoms with Gasteiger partial charge in [0.2, 0.25) is 0 Å². The molecule has 1 aliphatic heterocycles. The second-order valence-electron chi connectivity index (χ2n) is 4.85. The molecule has 1 aromatic rings. The van der Waals surface area contributed by atoms with E-state index in [1.165, 1.54) is 0 Å². The van der Waals surface area contributed by atoms with E-state index >= 15 is 0 Å². The van der Waals surface area contributed by atoms with Crippen molar-refractivity contribution >= 4 is 5.69 Å². The lowest BCUT2D eigenvalue weighted by Crippen LogP contribution is -2.44. The minimum atomic E-state index is -0.376. The zero-order chi connectivity index (χ0) is 14.4. The molecule has 1 fully saturated rings. The first-order chi connectivity index (χ1) is 9.70. The molecule has 1 aliphatic rings. The number of nitrogens with one attached hydrogen (secondary N) is 1. The third-order valence-electron chi connectivity index (χ3n) is 3.50. The van der Waals surface area contributed by atoms with Gasteiger partial charge < -0.3 is 10.1 Å². The summed E-state index contributed by atoms with van der Waals surface area (Å²) in [6.07, 6.45) is 0.780. The number of aryl methyl sites for hydroxylation is 1. The summed E-state index contributed by atoms with van der Waals surface area (Å²) in [6.45, 7) is 7.24. The summed E-state index contributed by atoms with van der Waals surface area (Å²) in [5, 5.41) is 14.3. The molecule has 20 heavy (non-hydrogen) atoms. The molecule has 110 valence electrons. The highest BCUT2D eigenvalue weighted by Gasteiger charge is 2.16. The van der Waals surface area contributed by atoms with Gasteiger partial charge in [0, 0.05) is 38.8 Å². The summed E-state index contributed by atoms with van der Waals surface area (Å²) in [6, 6.07) is 5.18. The Kier molecular flexibility index (Phi) is 5.31. The Morgan fingerprint density at radius 2 is 2.15 bits per heavy atom. The zero-order valence-electron chi connectivity index (χ0n) is 11.8. The Balaban J connectivity index is 1.92. The average Bonchev–Trinajstić information content (AvgIpc) is 2.48. The van der Waals surface area contributed by atoms with Crippen LogP contribution in [0.1, 0.15) is 12.5 Å². The molecule has 1 heterocycles. The second-order valence-corrected chi connectivity index (χ2v) is 4.85. The molecule has 1 N–H and O–H groups in total. The van der Waals surface area contributed by atoms with E-state index in [-0.39, 0.29) is 10.6 Å². The molecule has 1 aromatic carbocycles. The van der Waals surface area contributed by atoms with Crippen molar-refractivity contribution in [1.29, 1.82) is 0 Å². The van der Waals surface area contributed by atoms with E-state index in [0.29, 0.717) is 12.4 Å². The highest BCUT2D eigenvalue weighted by atomic mass is 16.6. The summed E-state index contributed by atoms with van der Waals surface area (Å²) in [5.74, 6) is 0.363. The molecule has 6 heteroatoms. The number of piperazine rings is 1. The fraction of sp³-hybridized carbons (Fsp3) is 0.571. The minimum absolute atomic E-state index is 0.0599. The van der Waals surface area contributed by atoms with Crippen LogP contribution in [-0.4, -0.2) is 49.2 Å². The quantitative estimate of drug-likeness (QED) is 0.630. The first-order valence-electron chi connectivity index (χ1n) is 7.04. The van der Waals surface area contributed by atoms with Crippen LogP contribution in [0.3, 0.4) is 0 Å². The number of hydrogen-bond acceptors (Lipinski definition) is 5. The van der Waals surface area contributed by atoms with Gasteiger partial charge in [0.05, 0.1) is 4.92 Å². The third kappa shape index (κ3) is 3.91. The number of nitrogens with zero attached hydrogens (tertiary/aromatic N) is 2. The maximum Gasteiger partial charge on any atom is 0.311 e. The van der Waals surface area contributed by atoms with E-state index in [9.17, 15) is 10.1 Å².